The van der Waals surface area contributed by atoms with E-state index in [0.29, 0.717) is 27.7 Å². The standard InChI is InChI=1S/C35H31FN4O2/c1-39-17-14-24(15-18-39)22-6-8-23(9-7-22)25-10-12-28-26(20-25)16-19-40(35(28)42)33(29-21-27(36)11-13-32(29)41)34-37-30-4-2-3-5-31(30)38-34/h2-13,16,19-21,24,33,41H,14-15,17-18H2,1H3,(H,37,38)/t33-/m0/s1/i33D. The summed E-state index contributed by atoms with van der Waals surface area (Å²) in [6, 6.07) is 24.6. The summed E-state index contributed by atoms with van der Waals surface area (Å²) < 4.78 is 25.4. The van der Waals surface area contributed by atoms with Crippen LogP contribution in [-0.2, 0) is 0 Å². The van der Waals surface area contributed by atoms with Crippen molar-refractivity contribution in [3.63, 3.8) is 0 Å². The molecule has 3 heterocycles. The van der Waals surface area contributed by atoms with E-state index < -0.39 is 17.4 Å². The lowest BCUT2D eigenvalue weighted by Crippen LogP contribution is -2.29. The van der Waals surface area contributed by atoms with Crippen LogP contribution in [0.5, 0.6) is 5.75 Å². The lowest BCUT2D eigenvalue weighted by Gasteiger charge is -2.29. The number of phenols is 1. The average molecular weight is 560 g/mol. The molecule has 0 radical (unpaired) electrons. The molecule has 0 spiro atoms. The second-order valence-corrected chi connectivity index (χ2v) is 11.1. The van der Waals surface area contributed by atoms with Gasteiger partial charge in [0.15, 0.2) is 0 Å². The first-order valence-electron chi connectivity index (χ1n) is 14.7. The van der Waals surface area contributed by atoms with Gasteiger partial charge in [0.1, 0.15) is 23.4 Å². The minimum Gasteiger partial charge on any atom is -0.508 e. The number of rotatable bonds is 5. The monoisotopic (exact) mass is 559 g/mol. The van der Waals surface area contributed by atoms with Gasteiger partial charge in [-0.3, -0.25) is 4.79 Å². The van der Waals surface area contributed by atoms with E-state index >= 15 is 0 Å². The number of aromatic hydroxyl groups is 1. The van der Waals surface area contributed by atoms with Crippen molar-refractivity contribution < 1.29 is 10.9 Å². The predicted molar refractivity (Wildman–Crippen MR) is 165 cm³/mol. The third-order valence-corrected chi connectivity index (χ3v) is 8.41. The van der Waals surface area contributed by atoms with Gasteiger partial charge in [0.25, 0.3) is 5.56 Å². The molecule has 0 bridgehead atoms. The maximum Gasteiger partial charge on any atom is 0.259 e. The molecule has 1 saturated heterocycles. The van der Waals surface area contributed by atoms with Gasteiger partial charge in [-0.25, -0.2) is 9.37 Å². The zero-order chi connectivity index (χ0) is 29.7. The lowest BCUT2D eigenvalue weighted by molar-refractivity contribution is 0.255. The number of nitrogens with zero attached hydrogens (tertiary/aromatic N) is 3. The Bertz CT molecular complexity index is 2000. The third-order valence-electron chi connectivity index (χ3n) is 8.41. The highest BCUT2D eigenvalue weighted by molar-refractivity contribution is 5.86. The fraction of sp³-hybridized carbons (Fsp3) is 0.200. The number of hydrogen-bond donors (Lipinski definition) is 2. The molecule has 6 nitrogen and oxygen atoms in total. The maximum absolute atomic E-state index is 14.5. The first kappa shape index (κ1) is 25.0. The second-order valence-electron chi connectivity index (χ2n) is 11.1. The Labute approximate surface area is 244 Å². The molecule has 2 N–H and O–H groups in total. The molecule has 2 aromatic heterocycles. The minimum absolute atomic E-state index is 0.0809. The molecule has 0 saturated carbocycles. The summed E-state index contributed by atoms with van der Waals surface area (Å²) in [6.45, 7) is 2.23. The number of benzene rings is 4. The maximum atomic E-state index is 14.5. The van der Waals surface area contributed by atoms with Gasteiger partial charge in [-0.1, -0.05) is 42.5 Å². The molecule has 7 rings (SSSR count). The minimum atomic E-state index is -2.08. The van der Waals surface area contributed by atoms with Gasteiger partial charge < -0.3 is 19.6 Å². The van der Waals surface area contributed by atoms with E-state index in [-0.39, 0.29) is 17.1 Å². The van der Waals surface area contributed by atoms with Crippen LogP contribution in [-0.4, -0.2) is 44.7 Å². The van der Waals surface area contributed by atoms with Crippen molar-refractivity contribution in [2.24, 2.45) is 0 Å². The topological polar surface area (TPSA) is 74.2 Å². The fourth-order valence-corrected chi connectivity index (χ4v) is 6.03. The molecule has 1 aliphatic rings. The molecule has 42 heavy (non-hydrogen) atoms. The van der Waals surface area contributed by atoms with Crippen molar-refractivity contribution in [1.82, 2.24) is 19.4 Å². The van der Waals surface area contributed by atoms with Crippen molar-refractivity contribution in [2.75, 3.05) is 20.1 Å². The van der Waals surface area contributed by atoms with E-state index in [0.717, 1.165) is 49.2 Å². The molecule has 0 unspecified atom stereocenters. The number of hydrogen-bond acceptors (Lipinski definition) is 4. The van der Waals surface area contributed by atoms with Crippen LogP contribution in [0.2, 0.25) is 0 Å². The number of aromatic nitrogens is 3. The highest BCUT2D eigenvalue weighted by Gasteiger charge is 2.25. The molecule has 0 amide bonds. The van der Waals surface area contributed by atoms with Crippen LogP contribution in [0.3, 0.4) is 0 Å². The van der Waals surface area contributed by atoms with Crippen molar-refractivity contribution in [2.45, 2.75) is 24.8 Å². The summed E-state index contributed by atoms with van der Waals surface area (Å²) in [5, 5.41) is 11.9. The molecular weight excluding hydrogens is 527 g/mol. The third kappa shape index (κ3) is 4.76. The zero-order valence-corrected chi connectivity index (χ0v) is 23.2. The predicted octanol–water partition coefficient (Wildman–Crippen LogP) is 6.84. The summed E-state index contributed by atoms with van der Waals surface area (Å²) in [4.78, 5) is 24.1. The van der Waals surface area contributed by atoms with Gasteiger partial charge in [0.05, 0.1) is 12.4 Å². The van der Waals surface area contributed by atoms with Crippen LogP contribution in [0, 0.1) is 5.82 Å². The normalized spacial score (nSPS) is 16.5. The van der Waals surface area contributed by atoms with E-state index in [9.17, 15) is 15.7 Å². The molecule has 1 atom stereocenters. The summed E-state index contributed by atoms with van der Waals surface area (Å²) in [5.74, 6) is -0.295. The molecule has 4 aromatic carbocycles. The summed E-state index contributed by atoms with van der Waals surface area (Å²) in [7, 11) is 2.17. The fourth-order valence-electron chi connectivity index (χ4n) is 6.03. The molecule has 6 aromatic rings. The highest BCUT2D eigenvalue weighted by atomic mass is 19.1. The van der Waals surface area contributed by atoms with Crippen LogP contribution >= 0.6 is 0 Å². The van der Waals surface area contributed by atoms with E-state index in [1.165, 1.54) is 22.4 Å². The largest absolute Gasteiger partial charge is 0.508 e. The Morgan fingerprint density at radius 1 is 0.976 bits per heavy atom. The number of aromatic amines is 1. The molecule has 1 aliphatic heterocycles. The number of imidazole rings is 1. The number of halogens is 1. The first-order valence-corrected chi connectivity index (χ1v) is 14.2. The van der Waals surface area contributed by atoms with Crippen molar-refractivity contribution in [1.29, 1.82) is 0 Å². The van der Waals surface area contributed by atoms with Crippen LogP contribution in [0.1, 0.15) is 43.1 Å². The molecule has 7 heteroatoms. The number of likely N-dealkylation sites (tertiary alicyclic amines) is 1. The summed E-state index contributed by atoms with van der Waals surface area (Å²) in [6.07, 6.45) is 3.84. The van der Waals surface area contributed by atoms with Crippen LogP contribution in [0.4, 0.5) is 4.39 Å². The molecule has 0 aliphatic carbocycles. The van der Waals surface area contributed by atoms with Crippen LogP contribution in [0.25, 0.3) is 32.9 Å². The van der Waals surface area contributed by atoms with Gasteiger partial charge in [-0.2, -0.15) is 0 Å². The number of phenolic OH excluding ortho intramolecular Hbond substituents is 1. The summed E-state index contributed by atoms with van der Waals surface area (Å²) in [5.41, 5.74) is 4.09. The second kappa shape index (κ2) is 10.6. The van der Waals surface area contributed by atoms with E-state index in [1.54, 1.807) is 18.2 Å². The number of H-pyrrole nitrogens is 1. The van der Waals surface area contributed by atoms with E-state index in [4.69, 9.17) is 0 Å². The SMILES string of the molecule is [2H][C@@](c1nc2ccccc2[nH]1)(c1cc(F)ccc1O)n1ccc2cc(-c3ccc(C4CCN(C)CC4)cc3)ccc2c1=O. The number of piperidine rings is 1. The van der Waals surface area contributed by atoms with Gasteiger partial charge >= 0.3 is 0 Å². The lowest BCUT2D eigenvalue weighted by atomic mass is 9.88. The summed E-state index contributed by atoms with van der Waals surface area (Å²) >= 11 is 0. The molecule has 1 fully saturated rings. The van der Waals surface area contributed by atoms with Crippen LogP contribution < -0.4 is 5.56 Å². The van der Waals surface area contributed by atoms with Crippen molar-refractivity contribution >= 4 is 21.8 Å². The first-order chi connectivity index (χ1) is 20.8. The van der Waals surface area contributed by atoms with Crippen molar-refractivity contribution in [3.8, 4) is 16.9 Å². The van der Waals surface area contributed by atoms with Crippen molar-refractivity contribution in [3.05, 3.63) is 130 Å². The van der Waals surface area contributed by atoms with Gasteiger partial charge in [-0.05, 0) is 110 Å². The average Bonchev–Trinajstić information content (AvgIpc) is 3.48. The van der Waals surface area contributed by atoms with Gasteiger partial charge in [-0.15, -0.1) is 0 Å². The molecular formula is C35H31FN4O2. The number of fused-ring (bicyclic) bond motifs is 2. The van der Waals surface area contributed by atoms with Gasteiger partial charge in [0.2, 0.25) is 0 Å². The van der Waals surface area contributed by atoms with Crippen LogP contribution in [0.15, 0.2) is 102 Å². The quantitative estimate of drug-likeness (QED) is 0.243. The highest BCUT2D eigenvalue weighted by Crippen LogP contribution is 2.34. The Morgan fingerprint density at radius 3 is 2.52 bits per heavy atom. The Hall–Kier alpha value is -4.75. The van der Waals surface area contributed by atoms with Gasteiger partial charge in [0, 0.05) is 17.1 Å². The van der Waals surface area contributed by atoms with E-state index in [1.807, 2.05) is 30.3 Å². The zero-order valence-electron chi connectivity index (χ0n) is 24.2. The Morgan fingerprint density at radius 2 is 1.74 bits per heavy atom. The Balaban J connectivity index is 1.31. The number of para-hydroxylation sites is 2. The molecule has 210 valence electrons. The number of nitrogens with one attached hydrogen (secondary N) is 1. The van der Waals surface area contributed by atoms with E-state index in [2.05, 4.69) is 46.2 Å². The smallest absolute Gasteiger partial charge is 0.259 e. The number of pyridine rings is 1. The Kier molecular flexibility index (Phi) is 6.30.